The molecule has 1 heterocycles. The fourth-order valence-corrected chi connectivity index (χ4v) is 1.75. The van der Waals surface area contributed by atoms with Crippen LogP contribution in [0.2, 0.25) is 0 Å². The van der Waals surface area contributed by atoms with Crippen molar-refractivity contribution in [1.82, 2.24) is 10.3 Å². The van der Waals surface area contributed by atoms with Gasteiger partial charge in [0, 0.05) is 6.92 Å². The molecule has 106 valence electrons. The molecule has 0 aliphatic heterocycles. The molecule has 0 atom stereocenters. The molecule has 0 spiro atoms. The van der Waals surface area contributed by atoms with Crippen LogP contribution in [0.3, 0.4) is 0 Å². The summed E-state index contributed by atoms with van der Waals surface area (Å²) >= 11 is 0. The Bertz CT molecular complexity index is 588. The van der Waals surface area contributed by atoms with E-state index in [-0.39, 0.29) is 12.5 Å². The molecule has 20 heavy (non-hydrogen) atoms. The Kier molecular flexibility index (Phi) is 4.40. The highest BCUT2D eigenvalue weighted by molar-refractivity contribution is 5.77. The van der Waals surface area contributed by atoms with E-state index < -0.39 is 0 Å². The van der Waals surface area contributed by atoms with Crippen LogP contribution in [0.15, 0.2) is 28.7 Å². The van der Waals surface area contributed by atoms with Crippen LogP contribution in [0, 0.1) is 20.8 Å². The first-order valence-corrected chi connectivity index (χ1v) is 6.43. The third-order valence-electron chi connectivity index (χ3n) is 2.84. The summed E-state index contributed by atoms with van der Waals surface area (Å²) < 4.78 is 10.8. The fraction of sp³-hybridized carbons (Fsp3) is 0.333. The Hall–Kier alpha value is -2.30. The molecule has 0 aliphatic carbocycles. The summed E-state index contributed by atoms with van der Waals surface area (Å²) in [6, 6.07) is 7.56. The maximum absolute atomic E-state index is 11.7. The Morgan fingerprint density at radius 3 is 2.55 bits per heavy atom. The van der Waals surface area contributed by atoms with Crippen LogP contribution >= 0.6 is 0 Å². The van der Waals surface area contributed by atoms with Crippen molar-refractivity contribution in [3.8, 4) is 5.75 Å². The lowest BCUT2D eigenvalue weighted by Gasteiger charge is -2.07. The molecule has 1 amide bonds. The normalized spacial score (nSPS) is 10.3. The van der Waals surface area contributed by atoms with E-state index in [0.717, 1.165) is 11.3 Å². The minimum Gasteiger partial charge on any atom is -0.484 e. The van der Waals surface area contributed by atoms with Gasteiger partial charge in [0.15, 0.2) is 12.5 Å². The molecule has 5 nitrogen and oxygen atoms in total. The van der Waals surface area contributed by atoms with E-state index in [9.17, 15) is 4.79 Å². The van der Waals surface area contributed by atoms with Crippen LogP contribution in [0.4, 0.5) is 0 Å². The van der Waals surface area contributed by atoms with E-state index in [0.29, 0.717) is 23.9 Å². The number of carbonyl (C=O) groups excluding carboxylic acids is 1. The van der Waals surface area contributed by atoms with Crippen LogP contribution in [0.25, 0.3) is 0 Å². The number of ether oxygens (including phenoxy) is 1. The summed E-state index contributed by atoms with van der Waals surface area (Å²) in [5.41, 5.74) is 1.94. The van der Waals surface area contributed by atoms with E-state index in [1.54, 1.807) is 6.92 Å². The molecular formula is C15H18N2O3. The minimum atomic E-state index is -0.195. The van der Waals surface area contributed by atoms with E-state index in [1.165, 1.54) is 0 Å². The third kappa shape index (κ3) is 3.85. The molecule has 0 unspecified atom stereocenters. The molecule has 2 rings (SSSR count). The topological polar surface area (TPSA) is 64.4 Å². The predicted octanol–water partition coefficient (Wildman–Crippen LogP) is 2.30. The zero-order valence-corrected chi connectivity index (χ0v) is 11.9. The largest absolute Gasteiger partial charge is 0.484 e. The van der Waals surface area contributed by atoms with Crippen molar-refractivity contribution in [2.45, 2.75) is 27.3 Å². The Morgan fingerprint density at radius 1 is 1.25 bits per heavy atom. The van der Waals surface area contributed by atoms with Gasteiger partial charge in [-0.15, -0.1) is 0 Å². The predicted molar refractivity (Wildman–Crippen MR) is 74.5 cm³/mol. The van der Waals surface area contributed by atoms with Crippen molar-refractivity contribution in [2.75, 3.05) is 6.61 Å². The van der Waals surface area contributed by atoms with Crippen LogP contribution in [-0.2, 0) is 11.3 Å². The molecule has 5 heteroatoms. The summed E-state index contributed by atoms with van der Waals surface area (Å²) in [7, 11) is 0. The zero-order chi connectivity index (χ0) is 14.5. The van der Waals surface area contributed by atoms with Gasteiger partial charge in [0.2, 0.25) is 0 Å². The number of oxazole rings is 1. The second kappa shape index (κ2) is 6.23. The quantitative estimate of drug-likeness (QED) is 0.908. The summed E-state index contributed by atoms with van der Waals surface area (Å²) in [6.45, 7) is 5.93. The summed E-state index contributed by atoms with van der Waals surface area (Å²) in [4.78, 5) is 15.8. The zero-order valence-electron chi connectivity index (χ0n) is 11.9. The van der Waals surface area contributed by atoms with Crippen LogP contribution in [0.5, 0.6) is 5.75 Å². The molecule has 2 aromatic rings. The molecule has 0 fully saturated rings. The molecule has 1 aromatic carbocycles. The summed E-state index contributed by atoms with van der Waals surface area (Å²) in [6.07, 6.45) is 0. The molecule has 1 N–H and O–H groups in total. The second-order valence-electron chi connectivity index (χ2n) is 4.62. The number of hydrogen-bond acceptors (Lipinski definition) is 4. The average molecular weight is 274 g/mol. The van der Waals surface area contributed by atoms with Gasteiger partial charge in [-0.25, -0.2) is 4.98 Å². The number of carbonyl (C=O) groups is 1. The molecule has 0 saturated carbocycles. The summed E-state index contributed by atoms with van der Waals surface area (Å²) in [5.74, 6) is 1.75. The van der Waals surface area contributed by atoms with Crippen LogP contribution in [-0.4, -0.2) is 17.5 Å². The van der Waals surface area contributed by atoms with Gasteiger partial charge in [-0.2, -0.15) is 0 Å². The van der Waals surface area contributed by atoms with Crippen LogP contribution in [0.1, 0.15) is 22.9 Å². The number of hydrogen-bond donors (Lipinski definition) is 1. The molecule has 0 aliphatic rings. The minimum absolute atomic E-state index is 0.0186. The smallest absolute Gasteiger partial charge is 0.258 e. The van der Waals surface area contributed by atoms with Crippen LogP contribution < -0.4 is 10.1 Å². The van der Waals surface area contributed by atoms with Gasteiger partial charge < -0.3 is 14.5 Å². The number of aryl methyl sites for hydroxylation is 3. The standard InChI is InChI=1S/C15H18N2O3/c1-10-4-6-13(7-5-10)19-9-15(18)16-8-14-11(2)17-12(3)20-14/h4-7H,8-9H2,1-3H3,(H,16,18). The van der Waals surface area contributed by atoms with Gasteiger partial charge >= 0.3 is 0 Å². The number of nitrogens with zero attached hydrogens (tertiary/aromatic N) is 1. The lowest BCUT2D eigenvalue weighted by molar-refractivity contribution is -0.123. The van der Waals surface area contributed by atoms with Crippen molar-refractivity contribution in [3.63, 3.8) is 0 Å². The highest BCUT2D eigenvalue weighted by Crippen LogP contribution is 2.11. The number of aromatic nitrogens is 1. The van der Waals surface area contributed by atoms with Gasteiger partial charge in [-0.05, 0) is 26.0 Å². The van der Waals surface area contributed by atoms with Crippen molar-refractivity contribution in [2.24, 2.45) is 0 Å². The van der Waals surface area contributed by atoms with Gasteiger partial charge in [0.05, 0.1) is 12.2 Å². The van der Waals surface area contributed by atoms with Gasteiger partial charge in [-0.1, -0.05) is 17.7 Å². The van der Waals surface area contributed by atoms with Crippen molar-refractivity contribution < 1.29 is 13.9 Å². The van der Waals surface area contributed by atoms with Gasteiger partial charge in [0.1, 0.15) is 11.5 Å². The first-order valence-electron chi connectivity index (χ1n) is 6.43. The van der Waals surface area contributed by atoms with E-state index >= 15 is 0 Å². The number of rotatable bonds is 5. The second-order valence-corrected chi connectivity index (χ2v) is 4.62. The first kappa shape index (κ1) is 14.1. The van der Waals surface area contributed by atoms with Crippen molar-refractivity contribution in [1.29, 1.82) is 0 Å². The molecule has 0 radical (unpaired) electrons. The average Bonchev–Trinajstić information content (AvgIpc) is 2.74. The lowest BCUT2D eigenvalue weighted by Crippen LogP contribution is -2.28. The van der Waals surface area contributed by atoms with Gasteiger partial charge in [-0.3, -0.25) is 4.79 Å². The number of benzene rings is 1. The molecule has 0 saturated heterocycles. The van der Waals surface area contributed by atoms with E-state index in [2.05, 4.69) is 10.3 Å². The highest BCUT2D eigenvalue weighted by atomic mass is 16.5. The maximum atomic E-state index is 11.7. The highest BCUT2D eigenvalue weighted by Gasteiger charge is 2.09. The monoisotopic (exact) mass is 274 g/mol. The van der Waals surface area contributed by atoms with E-state index in [4.69, 9.17) is 9.15 Å². The van der Waals surface area contributed by atoms with Crippen molar-refractivity contribution in [3.05, 3.63) is 47.2 Å². The van der Waals surface area contributed by atoms with Crippen molar-refractivity contribution >= 4 is 5.91 Å². The lowest BCUT2D eigenvalue weighted by atomic mass is 10.2. The fourth-order valence-electron chi connectivity index (χ4n) is 1.75. The maximum Gasteiger partial charge on any atom is 0.258 e. The SMILES string of the molecule is Cc1ccc(OCC(=O)NCc2oc(C)nc2C)cc1. The van der Waals surface area contributed by atoms with E-state index in [1.807, 2.05) is 38.1 Å². The number of nitrogens with one attached hydrogen (secondary N) is 1. The summed E-state index contributed by atoms with van der Waals surface area (Å²) in [5, 5.41) is 2.74. The molecule has 1 aromatic heterocycles. The van der Waals surface area contributed by atoms with Gasteiger partial charge in [0.25, 0.3) is 5.91 Å². The first-order chi connectivity index (χ1) is 9.54. The third-order valence-corrected chi connectivity index (χ3v) is 2.84. The Morgan fingerprint density at radius 2 is 1.95 bits per heavy atom. The number of amides is 1. The Balaban J connectivity index is 1.78. The molecular weight excluding hydrogens is 256 g/mol. The molecule has 0 bridgehead atoms. The Labute approximate surface area is 118 Å².